The molecule has 2 heterocycles. The maximum absolute atomic E-state index is 11.1. The van der Waals surface area contributed by atoms with Crippen LogP contribution in [0.5, 0.6) is 0 Å². The first kappa shape index (κ1) is 25.3. The highest BCUT2D eigenvalue weighted by atomic mass is 32.1. The molecule has 0 saturated carbocycles. The third-order valence-corrected chi connectivity index (χ3v) is 5.42. The molecule has 0 aliphatic carbocycles. The number of carbonyl (C=O) groups excluding carboxylic acids is 3. The number of amides is 2. The number of carboxylic acids is 1. The van der Waals surface area contributed by atoms with Crippen LogP contribution in [0.25, 0.3) is 0 Å². The summed E-state index contributed by atoms with van der Waals surface area (Å²) in [5.41, 5.74) is 0. The Bertz CT molecular complexity index is 749. The number of aliphatic carboxylic acids is 1. The highest BCUT2D eigenvalue weighted by Gasteiger charge is 2.08. The highest BCUT2D eigenvalue weighted by molar-refractivity contribution is 7.10. The molecular formula is C20H26N2O6S2. The average molecular weight is 455 g/mol. The second-order valence-corrected chi connectivity index (χ2v) is 8.07. The molecule has 0 aliphatic heterocycles. The van der Waals surface area contributed by atoms with Gasteiger partial charge in [0.1, 0.15) is 0 Å². The summed E-state index contributed by atoms with van der Waals surface area (Å²) in [7, 11) is 0. The third-order valence-electron chi connectivity index (χ3n) is 3.70. The Morgan fingerprint density at radius 1 is 0.967 bits per heavy atom. The first-order valence-corrected chi connectivity index (χ1v) is 11.0. The van der Waals surface area contributed by atoms with E-state index in [1.54, 1.807) is 34.5 Å². The van der Waals surface area contributed by atoms with Crippen LogP contribution >= 0.6 is 22.7 Å². The topological polar surface area (TPSA) is 104 Å². The standard InChI is InChI=1S/C11H15NO3S.C9H11NO3S/c1-2-15-11(14)5-6-12(9-13)8-10-4-3-7-16-10;11-7-10(4-3-9(12)13)6-8-2-1-5-14-8/h3-4,7,9H,2,5-6,8H2,1H3;1-2,5,7H,3-4,6H2,(H,12,13). The maximum Gasteiger partial charge on any atom is 0.307 e. The fourth-order valence-electron chi connectivity index (χ4n) is 2.25. The second-order valence-electron chi connectivity index (χ2n) is 6.01. The lowest BCUT2D eigenvalue weighted by atomic mass is 10.3. The Kier molecular flexibility index (Phi) is 12.8. The largest absolute Gasteiger partial charge is 0.481 e. The van der Waals surface area contributed by atoms with Crippen molar-refractivity contribution in [2.45, 2.75) is 32.9 Å². The van der Waals surface area contributed by atoms with Crippen LogP contribution in [0.3, 0.4) is 0 Å². The van der Waals surface area contributed by atoms with Gasteiger partial charge in [-0.15, -0.1) is 22.7 Å². The smallest absolute Gasteiger partial charge is 0.307 e. The molecule has 1 N–H and O–H groups in total. The molecule has 0 fully saturated rings. The SMILES string of the molecule is CCOC(=O)CCN(C=O)Cc1cccs1.O=CN(CCC(=O)O)Cc1cccs1. The predicted molar refractivity (Wildman–Crippen MR) is 115 cm³/mol. The van der Waals surface area contributed by atoms with E-state index in [-0.39, 0.29) is 25.4 Å². The summed E-state index contributed by atoms with van der Waals surface area (Å²) in [6.07, 6.45) is 1.68. The molecule has 0 radical (unpaired) electrons. The van der Waals surface area contributed by atoms with Crippen molar-refractivity contribution in [3.05, 3.63) is 44.8 Å². The van der Waals surface area contributed by atoms with Crippen LogP contribution in [0.4, 0.5) is 0 Å². The van der Waals surface area contributed by atoms with E-state index >= 15 is 0 Å². The van der Waals surface area contributed by atoms with Gasteiger partial charge in [0, 0.05) is 22.8 Å². The number of carbonyl (C=O) groups is 4. The Morgan fingerprint density at radius 3 is 1.83 bits per heavy atom. The van der Waals surface area contributed by atoms with E-state index < -0.39 is 5.97 Å². The van der Waals surface area contributed by atoms with Gasteiger partial charge in [-0.3, -0.25) is 19.2 Å². The number of ether oxygens (including phenoxy) is 1. The van der Waals surface area contributed by atoms with E-state index in [0.29, 0.717) is 32.7 Å². The summed E-state index contributed by atoms with van der Waals surface area (Å²) in [6.45, 7) is 3.86. The third kappa shape index (κ3) is 11.3. The van der Waals surface area contributed by atoms with E-state index in [2.05, 4.69) is 0 Å². The fourth-order valence-corrected chi connectivity index (χ4v) is 3.71. The van der Waals surface area contributed by atoms with Gasteiger partial charge in [-0.2, -0.15) is 0 Å². The van der Waals surface area contributed by atoms with Crippen LogP contribution in [0.2, 0.25) is 0 Å². The number of nitrogens with zero attached hydrogens (tertiary/aromatic N) is 2. The van der Waals surface area contributed by atoms with E-state index in [1.165, 1.54) is 4.90 Å². The van der Waals surface area contributed by atoms with E-state index in [0.717, 1.165) is 16.2 Å². The fraction of sp³-hybridized carbons (Fsp3) is 0.400. The minimum Gasteiger partial charge on any atom is -0.481 e. The Labute approximate surface area is 183 Å². The summed E-state index contributed by atoms with van der Waals surface area (Å²) in [6, 6.07) is 7.72. The molecule has 2 aromatic heterocycles. The van der Waals surface area contributed by atoms with Crippen LogP contribution in [-0.4, -0.2) is 59.4 Å². The monoisotopic (exact) mass is 454 g/mol. The second kappa shape index (κ2) is 15.2. The number of carboxylic acid groups (broad SMARTS) is 1. The molecule has 2 amide bonds. The lowest BCUT2D eigenvalue weighted by Crippen LogP contribution is -2.24. The zero-order valence-electron chi connectivity index (χ0n) is 16.8. The van der Waals surface area contributed by atoms with Gasteiger partial charge in [-0.05, 0) is 29.8 Å². The number of thiophene rings is 2. The van der Waals surface area contributed by atoms with Crippen molar-refractivity contribution in [3.63, 3.8) is 0 Å². The number of esters is 1. The molecule has 2 rings (SSSR count). The average Bonchev–Trinajstić information content (AvgIpc) is 3.43. The Balaban J connectivity index is 0.000000303. The lowest BCUT2D eigenvalue weighted by molar-refractivity contribution is -0.143. The quantitative estimate of drug-likeness (QED) is 0.369. The molecular weight excluding hydrogens is 428 g/mol. The van der Waals surface area contributed by atoms with Crippen molar-refractivity contribution in [3.8, 4) is 0 Å². The summed E-state index contributed by atoms with van der Waals surface area (Å²) in [5.74, 6) is -1.15. The van der Waals surface area contributed by atoms with Gasteiger partial charge in [0.25, 0.3) is 0 Å². The first-order valence-electron chi connectivity index (χ1n) is 9.29. The molecule has 0 spiro atoms. The molecule has 10 heteroatoms. The van der Waals surface area contributed by atoms with Crippen LogP contribution in [0.15, 0.2) is 35.0 Å². The molecule has 0 atom stereocenters. The zero-order chi connectivity index (χ0) is 22.2. The van der Waals surface area contributed by atoms with Gasteiger partial charge in [-0.1, -0.05) is 12.1 Å². The normalized spacial score (nSPS) is 9.77. The summed E-state index contributed by atoms with van der Waals surface area (Å²) in [5, 5.41) is 12.3. The number of hydrogen-bond donors (Lipinski definition) is 1. The molecule has 164 valence electrons. The maximum atomic E-state index is 11.1. The van der Waals surface area contributed by atoms with Gasteiger partial charge in [0.15, 0.2) is 0 Å². The molecule has 30 heavy (non-hydrogen) atoms. The van der Waals surface area contributed by atoms with Gasteiger partial charge in [0.2, 0.25) is 12.8 Å². The first-order chi connectivity index (χ1) is 14.5. The van der Waals surface area contributed by atoms with Crippen molar-refractivity contribution < 1.29 is 29.0 Å². The summed E-state index contributed by atoms with van der Waals surface area (Å²) >= 11 is 3.15. The summed E-state index contributed by atoms with van der Waals surface area (Å²) in [4.78, 5) is 47.9. The molecule has 0 aliphatic rings. The lowest BCUT2D eigenvalue weighted by Gasteiger charge is -2.15. The minimum atomic E-state index is -0.886. The van der Waals surface area contributed by atoms with Gasteiger partial charge in [-0.25, -0.2) is 0 Å². The van der Waals surface area contributed by atoms with Gasteiger partial charge >= 0.3 is 11.9 Å². The Hall–Kier alpha value is -2.72. The van der Waals surface area contributed by atoms with E-state index in [1.807, 2.05) is 35.0 Å². The molecule has 2 aromatic rings. The van der Waals surface area contributed by atoms with Crippen molar-refractivity contribution >= 4 is 47.4 Å². The van der Waals surface area contributed by atoms with E-state index in [9.17, 15) is 19.2 Å². The van der Waals surface area contributed by atoms with Crippen LogP contribution in [-0.2, 0) is 37.0 Å². The van der Waals surface area contributed by atoms with Crippen molar-refractivity contribution in [2.75, 3.05) is 19.7 Å². The molecule has 8 nitrogen and oxygen atoms in total. The van der Waals surface area contributed by atoms with Gasteiger partial charge < -0.3 is 19.6 Å². The summed E-state index contributed by atoms with van der Waals surface area (Å²) < 4.78 is 4.79. The number of rotatable bonds is 13. The number of hydrogen-bond acceptors (Lipinski definition) is 7. The predicted octanol–water partition coefficient (Wildman–Crippen LogP) is 2.84. The van der Waals surface area contributed by atoms with Crippen LogP contribution in [0.1, 0.15) is 29.5 Å². The zero-order valence-corrected chi connectivity index (χ0v) is 18.4. The molecule has 0 bridgehead atoms. The molecule has 0 saturated heterocycles. The van der Waals surface area contributed by atoms with E-state index in [4.69, 9.17) is 9.84 Å². The van der Waals surface area contributed by atoms with Crippen molar-refractivity contribution in [1.29, 1.82) is 0 Å². The van der Waals surface area contributed by atoms with Crippen molar-refractivity contribution in [2.24, 2.45) is 0 Å². The molecule has 0 unspecified atom stereocenters. The van der Waals surface area contributed by atoms with Crippen molar-refractivity contribution in [1.82, 2.24) is 9.80 Å². The minimum absolute atomic E-state index is 0.00981. The highest BCUT2D eigenvalue weighted by Crippen LogP contribution is 2.11. The van der Waals surface area contributed by atoms with Crippen LogP contribution in [0, 0.1) is 0 Å². The van der Waals surface area contributed by atoms with Gasteiger partial charge in [0.05, 0.1) is 32.5 Å². The Morgan fingerprint density at radius 2 is 1.47 bits per heavy atom. The molecule has 0 aromatic carbocycles. The van der Waals surface area contributed by atoms with Crippen LogP contribution < -0.4 is 0 Å².